The Hall–Kier alpha value is -3.22. The first-order chi connectivity index (χ1) is 29.6. The molecule has 2 aromatic rings. The van der Waals surface area contributed by atoms with Crippen LogP contribution in [0.4, 0.5) is 5.82 Å². The van der Waals surface area contributed by atoms with Crippen molar-refractivity contribution in [2.24, 2.45) is 5.41 Å². The summed E-state index contributed by atoms with van der Waals surface area (Å²) in [6.45, 7) is 2.63. The third-order valence-corrected chi connectivity index (χ3v) is 12.9. The van der Waals surface area contributed by atoms with Crippen molar-refractivity contribution >= 4 is 69.1 Å². The topological polar surface area (TPSA) is 364 Å². The number of nitrogens with zero attached hydrogens (tertiary/aromatic N) is 4. The van der Waals surface area contributed by atoms with Crippen LogP contribution >= 0.6 is 35.2 Å². The monoisotopic (exact) mass is 971 g/mol. The number of thioether (sulfide) groups is 1. The lowest BCUT2D eigenvalue weighted by Crippen LogP contribution is -2.46. The number of phosphoric ester groups is 3. The highest BCUT2D eigenvalue weighted by Crippen LogP contribution is 2.61. The Bertz CT molecular complexity index is 2070. The maximum absolute atomic E-state index is 12.7. The van der Waals surface area contributed by atoms with Crippen molar-refractivity contribution in [3.8, 4) is 0 Å². The van der Waals surface area contributed by atoms with Gasteiger partial charge in [-0.05, 0) is 18.9 Å². The molecule has 7 unspecified atom stereocenters. The highest BCUT2D eigenvalue weighted by atomic mass is 32.2. The van der Waals surface area contributed by atoms with E-state index in [1.54, 1.807) is 12.2 Å². The number of imidazole rings is 1. The Kier molecular flexibility index (Phi) is 21.9. The number of hydrogen-bond acceptors (Lipinski definition) is 18. The number of carbonyl (C=O) groups excluding carboxylic acids is 3. The molecule has 0 saturated carbocycles. The highest BCUT2D eigenvalue weighted by Gasteiger charge is 2.50. The van der Waals surface area contributed by atoms with Gasteiger partial charge in [0.15, 0.2) is 17.7 Å². The number of phosphoric acid groups is 3. The third kappa shape index (κ3) is 19.0. The van der Waals surface area contributed by atoms with E-state index in [0.717, 1.165) is 41.8 Å². The molecule has 0 bridgehead atoms. The van der Waals surface area contributed by atoms with Gasteiger partial charge >= 0.3 is 23.5 Å². The Morgan fingerprint density at radius 2 is 1.68 bits per heavy atom. The number of fused-ring (bicyclic) bond motifs is 1. The zero-order chi connectivity index (χ0) is 46.8. The van der Waals surface area contributed by atoms with E-state index < -0.39 is 84.6 Å². The van der Waals surface area contributed by atoms with Gasteiger partial charge in [-0.3, -0.25) is 32.5 Å². The molecule has 0 aromatic carbocycles. The maximum Gasteiger partial charge on any atom is 0.481 e. The average Bonchev–Trinajstić information content (AvgIpc) is 3.76. The van der Waals surface area contributed by atoms with E-state index in [0.29, 0.717) is 5.75 Å². The fraction of sp³-hybridized carbons (Fsp3) is 0.600. The molecule has 10 N–H and O–H groups in total. The second kappa shape index (κ2) is 25.5. The minimum absolute atomic E-state index is 0.0295. The number of ether oxygens (including phenoxy) is 1. The predicted molar refractivity (Wildman–Crippen MR) is 228 cm³/mol. The summed E-state index contributed by atoms with van der Waals surface area (Å²) >= 11 is 1.01. The van der Waals surface area contributed by atoms with E-state index in [4.69, 9.17) is 19.5 Å². The number of rotatable bonds is 28. The molecule has 0 spiro atoms. The van der Waals surface area contributed by atoms with Gasteiger partial charge in [-0.1, -0.05) is 88.6 Å². The van der Waals surface area contributed by atoms with Crippen molar-refractivity contribution in [2.45, 2.75) is 96.4 Å². The standard InChI is InChI=1S/C35H56N7O17P3S/c1-4-5-6-7-8-9-10-11-12-13-14-15-26(44)63-19-18-37-25(43)16-17-38-33(47)30(46)35(2,3)21-56-62(53,54)59-61(51,52)55-20-24-29(58-60(48,49)50)28(45)34(57-24)42-23-41-27-31(36)39-22-40-32(27)42/h10-15,22-24,28-30,34,45-46H,4-9,16-21H2,1-3H3,(H,37,43)(H,38,47)(H,51,52)(H,53,54)(H2,36,39,40)(H2,48,49,50)/b11-10+,13-12+,15-14+. The van der Waals surface area contributed by atoms with Crippen LogP contribution in [-0.4, -0.2) is 123 Å². The lowest BCUT2D eigenvalue weighted by molar-refractivity contribution is -0.137. The number of aliphatic hydroxyl groups is 2. The molecule has 3 heterocycles. The molecule has 7 atom stereocenters. The third-order valence-electron chi connectivity index (χ3n) is 8.92. The van der Waals surface area contributed by atoms with Gasteiger partial charge in [-0.25, -0.2) is 28.6 Å². The van der Waals surface area contributed by atoms with Gasteiger partial charge < -0.3 is 50.9 Å². The van der Waals surface area contributed by atoms with E-state index in [1.165, 1.54) is 45.6 Å². The first-order valence-electron chi connectivity index (χ1n) is 19.6. The first-order valence-corrected chi connectivity index (χ1v) is 25.1. The van der Waals surface area contributed by atoms with Gasteiger partial charge in [0.2, 0.25) is 16.9 Å². The van der Waals surface area contributed by atoms with Gasteiger partial charge in [0.25, 0.3) is 0 Å². The molecule has 63 heavy (non-hydrogen) atoms. The quantitative estimate of drug-likeness (QED) is 0.0256. The maximum atomic E-state index is 12.7. The van der Waals surface area contributed by atoms with Crippen LogP contribution in [0, 0.1) is 5.41 Å². The summed E-state index contributed by atoms with van der Waals surface area (Å²) in [6.07, 6.45) is 10.9. The predicted octanol–water partition coefficient (Wildman–Crippen LogP) is 2.69. The number of nitrogen functional groups attached to an aromatic ring is 1. The van der Waals surface area contributed by atoms with Gasteiger partial charge in [-0.15, -0.1) is 0 Å². The van der Waals surface area contributed by atoms with Crippen molar-refractivity contribution in [2.75, 3.05) is 37.8 Å². The summed E-state index contributed by atoms with van der Waals surface area (Å²) < 4.78 is 62.3. The lowest BCUT2D eigenvalue weighted by Gasteiger charge is -2.30. The first kappa shape index (κ1) is 54.1. The molecule has 1 aliphatic heterocycles. The Labute approximate surface area is 367 Å². The van der Waals surface area contributed by atoms with Crippen LogP contribution in [0.15, 0.2) is 49.1 Å². The smallest absolute Gasteiger partial charge is 0.386 e. The molecular formula is C35H56N7O17P3S. The number of hydrogen-bond donors (Lipinski definition) is 9. The van der Waals surface area contributed by atoms with Crippen LogP contribution in [-0.2, 0) is 50.7 Å². The number of nitrogens with two attached hydrogens (primary N) is 1. The number of nitrogens with one attached hydrogen (secondary N) is 2. The molecule has 24 nitrogen and oxygen atoms in total. The number of aromatic nitrogens is 4. The number of unbranched alkanes of at least 4 members (excludes halogenated alkanes) is 5. The van der Waals surface area contributed by atoms with E-state index in [9.17, 15) is 57.9 Å². The molecular weight excluding hydrogens is 915 g/mol. The fourth-order valence-electron chi connectivity index (χ4n) is 5.63. The summed E-state index contributed by atoms with van der Waals surface area (Å²) in [5.74, 6) is -1.17. The molecule has 354 valence electrons. The van der Waals surface area contributed by atoms with Gasteiger partial charge in [0.05, 0.1) is 19.5 Å². The van der Waals surface area contributed by atoms with Crippen LogP contribution in [0.5, 0.6) is 0 Å². The molecule has 0 radical (unpaired) electrons. The van der Waals surface area contributed by atoms with Gasteiger partial charge in [0.1, 0.15) is 36.3 Å². The molecule has 1 saturated heterocycles. The summed E-state index contributed by atoms with van der Waals surface area (Å²) in [5, 5.41) is 26.3. The zero-order valence-electron chi connectivity index (χ0n) is 34.8. The second-order valence-corrected chi connectivity index (χ2v) is 19.9. The van der Waals surface area contributed by atoms with Gasteiger partial charge in [0, 0.05) is 30.7 Å². The Morgan fingerprint density at radius 3 is 2.40 bits per heavy atom. The van der Waals surface area contributed by atoms with Crippen LogP contribution in [0.2, 0.25) is 0 Å². The summed E-state index contributed by atoms with van der Waals surface area (Å²) in [6, 6.07) is 0. The van der Waals surface area contributed by atoms with E-state index in [1.807, 2.05) is 12.2 Å². The van der Waals surface area contributed by atoms with Crippen molar-refractivity contribution < 1.29 is 80.5 Å². The van der Waals surface area contributed by atoms with Crippen LogP contribution < -0.4 is 16.4 Å². The van der Waals surface area contributed by atoms with Crippen molar-refractivity contribution in [1.29, 1.82) is 0 Å². The molecule has 28 heteroatoms. The molecule has 1 fully saturated rings. The van der Waals surface area contributed by atoms with E-state index in [-0.39, 0.29) is 41.6 Å². The van der Waals surface area contributed by atoms with Crippen molar-refractivity contribution in [3.63, 3.8) is 0 Å². The minimum atomic E-state index is -5.58. The summed E-state index contributed by atoms with van der Waals surface area (Å²) in [5.41, 5.74) is 4.26. The summed E-state index contributed by atoms with van der Waals surface area (Å²) in [7, 11) is -16.4. The number of carbonyl (C=O) groups is 3. The summed E-state index contributed by atoms with van der Waals surface area (Å²) in [4.78, 5) is 87.9. The highest BCUT2D eigenvalue weighted by molar-refractivity contribution is 8.14. The molecule has 3 rings (SSSR count). The number of anilines is 1. The molecule has 1 aliphatic rings. The average molecular weight is 972 g/mol. The molecule has 2 aromatic heterocycles. The van der Waals surface area contributed by atoms with Gasteiger partial charge in [-0.2, -0.15) is 4.31 Å². The van der Waals surface area contributed by atoms with Crippen LogP contribution in [0.1, 0.15) is 71.9 Å². The van der Waals surface area contributed by atoms with Crippen molar-refractivity contribution in [1.82, 2.24) is 30.2 Å². The minimum Gasteiger partial charge on any atom is -0.386 e. The fourth-order valence-corrected chi connectivity index (χ4v) is 9.04. The second-order valence-electron chi connectivity index (χ2n) is 14.6. The lowest BCUT2D eigenvalue weighted by atomic mass is 9.87. The van der Waals surface area contributed by atoms with Crippen LogP contribution in [0.3, 0.4) is 0 Å². The zero-order valence-corrected chi connectivity index (χ0v) is 38.3. The Balaban J connectivity index is 1.39. The normalized spacial score (nSPS) is 21.0. The number of aliphatic hydroxyl groups excluding tert-OH is 2. The Morgan fingerprint density at radius 1 is 0.984 bits per heavy atom. The van der Waals surface area contributed by atoms with Crippen molar-refractivity contribution in [3.05, 3.63) is 49.1 Å². The van der Waals surface area contributed by atoms with Crippen LogP contribution in [0.25, 0.3) is 11.2 Å². The molecule has 0 aliphatic carbocycles. The SMILES string of the molecule is CCCCCCC/C=C/C=C/C=C/C(=O)SCCNC(=O)CCNC(=O)C(O)C(C)(C)COP(=O)(O)OP(=O)(O)OCC1OC(n2cnc3c(N)ncnc32)C(O)C1OP(=O)(O)O. The number of amides is 2. The largest absolute Gasteiger partial charge is 0.481 e. The van der Waals surface area contributed by atoms with E-state index >= 15 is 0 Å². The molecule has 2 amide bonds. The van der Waals surface area contributed by atoms with E-state index in [2.05, 4.69) is 47.4 Å². The number of allylic oxidation sites excluding steroid dienone is 5.